The van der Waals surface area contributed by atoms with Gasteiger partial charge in [-0.2, -0.15) is 0 Å². The zero-order chi connectivity index (χ0) is 57.8. The maximum Gasteiger partial charge on any atom is 0.309 e. The summed E-state index contributed by atoms with van der Waals surface area (Å²) in [6.07, 6.45) is 98.2. The van der Waals surface area contributed by atoms with Crippen LogP contribution in [-0.4, -0.2) is 37.2 Å². The molecular formula is C74H116O6. The van der Waals surface area contributed by atoms with E-state index in [4.69, 9.17) is 14.2 Å². The van der Waals surface area contributed by atoms with Crippen LogP contribution >= 0.6 is 0 Å². The van der Waals surface area contributed by atoms with Crippen molar-refractivity contribution in [1.29, 1.82) is 0 Å². The first-order valence-electron chi connectivity index (χ1n) is 32.1. The first-order chi connectivity index (χ1) is 39.5. The molecule has 448 valence electrons. The Balaban J connectivity index is 4.54. The van der Waals surface area contributed by atoms with E-state index in [1.54, 1.807) is 6.08 Å². The molecule has 0 aromatic carbocycles. The third-order valence-electron chi connectivity index (χ3n) is 13.0. The monoisotopic (exact) mass is 1100 g/mol. The molecule has 0 radical (unpaired) electrons. The second kappa shape index (κ2) is 66.3. The van der Waals surface area contributed by atoms with Crippen LogP contribution in [0.25, 0.3) is 0 Å². The summed E-state index contributed by atoms with van der Waals surface area (Å²) in [6.45, 7) is 6.28. The van der Waals surface area contributed by atoms with E-state index in [2.05, 4.69) is 179 Å². The van der Waals surface area contributed by atoms with Gasteiger partial charge in [0.25, 0.3) is 0 Å². The molecule has 0 rings (SSSR count). The molecule has 80 heavy (non-hydrogen) atoms. The number of hydrogen-bond donors (Lipinski definition) is 0. The average Bonchev–Trinajstić information content (AvgIpc) is 3.46. The molecule has 0 bridgehead atoms. The van der Waals surface area contributed by atoms with Crippen molar-refractivity contribution in [2.75, 3.05) is 13.2 Å². The minimum Gasteiger partial charge on any atom is -0.462 e. The number of hydrogen-bond acceptors (Lipinski definition) is 6. The predicted octanol–water partition coefficient (Wildman–Crippen LogP) is 22.3. The van der Waals surface area contributed by atoms with Crippen molar-refractivity contribution >= 4 is 17.9 Å². The Kier molecular flexibility index (Phi) is 61.9. The quantitative estimate of drug-likeness (QED) is 0.0261. The van der Waals surface area contributed by atoms with Crippen LogP contribution in [0.1, 0.15) is 258 Å². The number of carbonyl (C=O) groups excluding carboxylic acids is 3. The summed E-state index contributed by atoms with van der Waals surface area (Å²) >= 11 is 0. The van der Waals surface area contributed by atoms with E-state index in [9.17, 15) is 14.4 Å². The first kappa shape index (κ1) is 74.8. The molecule has 0 spiro atoms. The van der Waals surface area contributed by atoms with Crippen LogP contribution in [0, 0.1) is 0 Å². The second-order valence-electron chi connectivity index (χ2n) is 20.6. The molecule has 0 heterocycles. The minimum absolute atomic E-state index is 0.110. The summed E-state index contributed by atoms with van der Waals surface area (Å²) in [5.41, 5.74) is 0. The molecule has 0 aliphatic carbocycles. The lowest BCUT2D eigenvalue weighted by molar-refractivity contribution is -0.166. The van der Waals surface area contributed by atoms with Crippen LogP contribution < -0.4 is 0 Å². The van der Waals surface area contributed by atoms with Crippen molar-refractivity contribution in [3.63, 3.8) is 0 Å². The number of rotatable bonds is 56. The highest BCUT2D eigenvalue weighted by molar-refractivity contribution is 5.72. The van der Waals surface area contributed by atoms with Crippen LogP contribution in [0.2, 0.25) is 0 Å². The zero-order valence-corrected chi connectivity index (χ0v) is 51.3. The highest BCUT2D eigenvalue weighted by Gasteiger charge is 2.19. The zero-order valence-electron chi connectivity index (χ0n) is 51.3. The lowest BCUT2D eigenvalue weighted by atomic mass is 10.0. The Bertz CT molecular complexity index is 1840. The van der Waals surface area contributed by atoms with E-state index in [0.29, 0.717) is 12.8 Å². The van der Waals surface area contributed by atoms with E-state index in [1.807, 2.05) is 6.08 Å². The van der Waals surface area contributed by atoms with Gasteiger partial charge in [-0.15, -0.1) is 0 Å². The summed E-state index contributed by atoms with van der Waals surface area (Å²) in [5.74, 6) is -1.13. The van der Waals surface area contributed by atoms with Gasteiger partial charge in [-0.3, -0.25) is 14.4 Å². The van der Waals surface area contributed by atoms with Gasteiger partial charge in [-0.05, 0) is 109 Å². The van der Waals surface area contributed by atoms with Crippen LogP contribution in [0.3, 0.4) is 0 Å². The van der Waals surface area contributed by atoms with E-state index in [-0.39, 0.29) is 38.0 Å². The molecule has 0 aromatic rings. The van der Waals surface area contributed by atoms with Gasteiger partial charge >= 0.3 is 17.9 Å². The molecule has 6 nitrogen and oxygen atoms in total. The van der Waals surface area contributed by atoms with Gasteiger partial charge in [0.05, 0.1) is 6.42 Å². The summed E-state index contributed by atoms with van der Waals surface area (Å²) in [5, 5.41) is 0. The summed E-state index contributed by atoms with van der Waals surface area (Å²) < 4.78 is 16.8. The number of esters is 3. The topological polar surface area (TPSA) is 78.9 Å². The van der Waals surface area contributed by atoms with Crippen LogP contribution in [0.4, 0.5) is 0 Å². The molecule has 0 aliphatic heterocycles. The van der Waals surface area contributed by atoms with E-state index in [1.165, 1.54) is 96.3 Å². The second-order valence-corrected chi connectivity index (χ2v) is 20.6. The van der Waals surface area contributed by atoms with Gasteiger partial charge in [0.15, 0.2) is 6.10 Å². The fourth-order valence-corrected chi connectivity index (χ4v) is 8.28. The highest BCUT2D eigenvalue weighted by atomic mass is 16.6. The third kappa shape index (κ3) is 63.6. The SMILES string of the molecule is CC/C=C\C/C=C\C/C=C\C/C=C\C/C=C\C/C=C\C/C=C\C/C=C\C/C=C\CCCC(=O)OCC(COC(=O)C/C=C\C/C=C\C/C=C\C/C=C\C/C=C\CC)OC(=O)CCCCCCCCCCCCCCCCCCCC. The first-order valence-corrected chi connectivity index (χ1v) is 32.1. The summed E-state index contributed by atoms with van der Waals surface area (Å²) in [7, 11) is 0. The van der Waals surface area contributed by atoms with Crippen LogP contribution in [-0.2, 0) is 28.6 Å². The Morgan fingerprint density at radius 3 is 0.863 bits per heavy atom. The molecule has 0 amide bonds. The fourth-order valence-electron chi connectivity index (χ4n) is 8.28. The van der Waals surface area contributed by atoms with E-state index in [0.717, 1.165) is 116 Å². The van der Waals surface area contributed by atoms with Gasteiger partial charge in [-0.25, -0.2) is 0 Å². The molecular weight excluding hydrogens is 985 g/mol. The molecule has 0 saturated heterocycles. The average molecular weight is 1100 g/mol. The lowest BCUT2D eigenvalue weighted by Crippen LogP contribution is -2.30. The predicted molar refractivity (Wildman–Crippen MR) is 348 cm³/mol. The number of allylic oxidation sites excluding steroid dienone is 27. The smallest absolute Gasteiger partial charge is 0.309 e. The van der Waals surface area contributed by atoms with Crippen molar-refractivity contribution < 1.29 is 28.6 Å². The third-order valence-corrected chi connectivity index (χ3v) is 13.0. The van der Waals surface area contributed by atoms with Gasteiger partial charge in [-0.1, -0.05) is 300 Å². The summed E-state index contributed by atoms with van der Waals surface area (Å²) in [6, 6.07) is 0. The molecule has 0 saturated carbocycles. The molecule has 1 unspecified atom stereocenters. The minimum atomic E-state index is -0.850. The van der Waals surface area contributed by atoms with Crippen LogP contribution in [0.5, 0.6) is 0 Å². The Labute approximate surface area is 492 Å². The molecule has 6 heteroatoms. The Hall–Kier alpha value is -5.23. The van der Waals surface area contributed by atoms with Crippen molar-refractivity contribution in [1.82, 2.24) is 0 Å². The number of unbranched alkanes of at least 4 members (excludes halogenated alkanes) is 18. The molecule has 1 atom stereocenters. The van der Waals surface area contributed by atoms with Gasteiger partial charge in [0.1, 0.15) is 13.2 Å². The molecule has 0 fully saturated rings. The van der Waals surface area contributed by atoms with Crippen molar-refractivity contribution in [2.45, 2.75) is 264 Å². The normalized spacial score (nSPS) is 13.3. The largest absolute Gasteiger partial charge is 0.462 e. The maximum absolute atomic E-state index is 12.9. The van der Waals surface area contributed by atoms with E-state index < -0.39 is 12.1 Å². The van der Waals surface area contributed by atoms with Gasteiger partial charge in [0.2, 0.25) is 0 Å². The Morgan fingerprint density at radius 1 is 0.275 bits per heavy atom. The van der Waals surface area contributed by atoms with Gasteiger partial charge in [0, 0.05) is 12.8 Å². The van der Waals surface area contributed by atoms with Crippen LogP contribution in [0.15, 0.2) is 170 Å². The number of carbonyl (C=O) groups is 3. The number of ether oxygens (including phenoxy) is 3. The fraction of sp³-hybridized carbons (Fsp3) is 0.581. The summed E-state index contributed by atoms with van der Waals surface area (Å²) in [4.78, 5) is 38.2. The van der Waals surface area contributed by atoms with Crippen molar-refractivity contribution in [3.8, 4) is 0 Å². The van der Waals surface area contributed by atoms with E-state index >= 15 is 0 Å². The molecule has 0 N–H and O–H groups in total. The van der Waals surface area contributed by atoms with Crippen molar-refractivity contribution in [3.05, 3.63) is 170 Å². The standard InChI is InChI=1S/C74H116O6/c1-4-7-10-13-16-19-22-25-28-30-32-33-34-35-36-37-38-39-40-41-42-44-46-49-52-55-58-61-64-67-73(76)79-70-71(69-78-72(75)66-63-60-57-54-51-48-45-27-24-21-18-15-12-9-6-3)80-74(77)68-65-62-59-56-53-50-47-43-31-29-26-23-20-17-14-11-8-5-2/h7,9-10,12,16,18-19,21,25,27-28,32-33,35-36,38-39,41-42,45-46,49,51,54-55,58,60,63,71H,4-6,8,11,13-15,17,20,22-24,26,29-31,34,37,40,43-44,47-48,50,52-53,56-57,59,61-62,64-70H2,1-3H3/b10-7-,12-9-,19-16-,21-18-,28-25-,33-32-,36-35-,39-38-,42-41-,45-27-,49-46-,54-51-,58-55-,63-60-. The molecule has 0 aliphatic rings. The Morgan fingerprint density at radius 2 is 0.537 bits per heavy atom. The molecule has 0 aromatic heterocycles. The van der Waals surface area contributed by atoms with Crippen molar-refractivity contribution in [2.24, 2.45) is 0 Å². The van der Waals surface area contributed by atoms with Gasteiger partial charge < -0.3 is 14.2 Å². The highest BCUT2D eigenvalue weighted by Crippen LogP contribution is 2.15. The lowest BCUT2D eigenvalue weighted by Gasteiger charge is -2.18. The maximum atomic E-state index is 12.9.